The van der Waals surface area contributed by atoms with Crippen molar-refractivity contribution in [3.63, 3.8) is 0 Å². The predicted octanol–water partition coefficient (Wildman–Crippen LogP) is 2.73. The largest absolute Gasteiger partial charge is 0.508 e. The number of aliphatic hydroxyl groups excluding tert-OH is 2. The van der Waals surface area contributed by atoms with Crippen molar-refractivity contribution in [3.05, 3.63) is 70.0 Å². The highest BCUT2D eigenvalue weighted by Gasteiger charge is 2.64. The third-order valence-corrected chi connectivity index (χ3v) is 9.19. The minimum atomic E-state index is -2.71. The van der Waals surface area contributed by atoms with Gasteiger partial charge in [-0.05, 0) is 106 Å². The summed E-state index contributed by atoms with van der Waals surface area (Å²) in [5.41, 5.74) is 5.49. The van der Waals surface area contributed by atoms with Gasteiger partial charge >= 0.3 is 0 Å². The fourth-order valence-corrected chi connectivity index (χ4v) is 7.28. The summed E-state index contributed by atoms with van der Waals surface area (Å²) in [5.74, 6) is -6.34. The van der Waals surface area contributed by atoms with E-state index in [0.717, 1.165) is 11.1 Å². The second kappa shape index (κ2) is 11.2. The summed E-state index contributed by atoms with van der Waals surface area (Å²) in [6.07, 6.45) is 0.159. The van der Waals surface area contributed by atoms with E-state index >= 15 is 0 Å². The fourth-order valence-electron chi connectivity index (χ4n) is 7.28. The van der Waals surface area contributed by atoms with Crippen LogP contribution in [0.15, 0.2) is 47.7 Å². The van der Waals surface area contributed by atoms with Gasteiger partial charge in [-0.2, -0.15) is 0 Å². The zero-order chi connectivity index (χ0) is 33.3. The number of hydrogen-bond donors (Lipinski definition) is 5. The lowest BCUT2D eigenvalue weighted by Gasteiger charge is -2.50. The molecule has 0 saturated heterocycles. The van der Waals surface area contributed by atoms with Gasteiger partial charge in [0.05, 0.1) is 18.7 Å². The summed E-state index contributed by atoms with van der Waals surface area (Å²) in [6, 6.07) is 6.41. The number of fused-ring (bicyclic) bond motifs is 3. The number of Topliss-reactive ketones (excluding diaryl/α,β-unsaturated/α-hetero) is 2. The molecule has 0 heterocycles. The van der Waals surface area contributed by atoms with Crippen molar-refractivity contribution in [2.45, 2.75) is 38.0 Å². The van der Waals surface area contributed by atoms with Crippen molar-refractivity contribution in [2.75, 3.05) is 35.3 Å². The molecule has 2 aromatic rings. The predicted molar refractivity (Wildman–Crippen MR) is 168 cm³/mol. The molecule has 5 rings (SSSR count). The number of carbonyl (C=O) groups is 3. The highest BCUT2D eigenvalue weighted by atomic mass is 16.5. The maximum Gasteiger partial charge on any atom is 0.255 e. The molecule has 0 unspecified atom stereocenters. The number of rotatable bonds is 7. The Labute approximate surface area is 261 Å². The van der Waals surface area contributed by atoms with E-state index in [1.807, 2.05) is 37.2 Å². The first-order chi connectivity index (χ1) is 21.0. The second-order valence-electron chi connectivity index (χ2n) is 12.7. The number of aromatic hydroxyl groups is 1. The minimum Gasteiger partial charge on any atom is -0.508 e. The van der Waals surface area contributed by atoms with Crippen LogP contribution in [0, 0.1) is 11.8 Å². The van der Waals surface area contributed by atoms with Crippen LogP contribution >= 0.6 is 0 Å². The second-order valence-corrected chi connectivity index (χ2v) is 12.7. The Bertz CT molecular complexity index is 1740. The number of allylic oxidation sites excluding steroid dienone is 1. The maximum absolute atomic E-state index is 14.2. The Hall–Kier alpha value is -4.45. The summed E-state index contributed by atoms with van der Waals surface area (Å²) >= 11 is 0. The van der Waals surface area contributed by atoms with Gasteiger partial charge in [0.2, 0.25) is 5.78 Å². The van der Waals surface area contributed by atoms with Crippen LogP contribution in [0.1, 0.15) is 35.6 Å². The smallest absolute Gasteiger partial charge is 0.255 e. The van der Waals surface area contributed by atoms with E-state index in [4.69, 9.17) is 10.5 Å². The van der Waals surface area contributed by atoms with Crippen molar-refractivity contribution in [1.29, 1.82) is 0 Å². The SMILES string of the molecule is C=C(C)c1cc(-c2cc(CN(C)C)cc(OC)c2)c2c(c1O)C(O)=C1C(=O)[C@]3(O)C(O)=C(C(N)=O)C(=O)[C@@H](N(C)C)[C@@H]3C[C@@H]1C2. The van der Waals surface area contributed by atoms with Crippen LogP contribution in [-0.2, 0) is 27.3 Å². The molecular weight excluding hydrogens is 578 g/mol. The topological polar surface area (TPSA) is 174 Å². The number of aliphatic hydroxyl groups is 3. The molecule has 0 bridgehead atoms. The molecular formula is C34H39N3O8. The fraction of sp³-hybridized carbons (Fsp3) is 0.382. The molecule has 0 radical (unpaired) electrons. The summed E-state index contributed by atoms with van der Waals surface area (Å²) < 4.78 is 5.60. The van der Waals surface area contributed by atoms with E-state index in [-0.39, 0.29) is 29.7 Å². The molecule has 0 spiro atoms. The summed E-state index contributed by atoms with van der Waals surface area (Å²) in [7, 11) is 8.60. The maximum atomic E-state index is 14.2. The molecule has 0 aromatic heterocycles. The van der Waals surface area contributed by atoms with Gasteiger partial charge in [0.1, 0.15) is 28.6 Å². The average molecular weight is 618 g/mol. The molecule has 11 heteroatoms. The monoisotopic (exact) mass is 617 g/mol. The Morgan fingerprint density at radius 3 is 2.33 bits per heavy atom. The molecule has 3 aliphatic carbocycles. The molecule has 2 aromatic carbocycles. The first kappa shape index (κ1) is 32.0. The van der Waals surface area contributed by atoms with E-state index in [2.05, 4.69) is 6.58 Å². The van der Waals surface area contributed by atoms with Crippen molar-refractivity contribution in [3.8, 4) is 22.6 Å². The molecule has 1 amide bonds. The number of nitrogens with two attached hydrogens (primary N) is 1. The van der Waals surface area contributed by atoms with E-state index in [0.29, 0.717) is 34.6 Å². The number of benzene rings is 2. The lowest BCUT2D eigenvalue weighted by atomic mass is 9.57. The van der Waals surface area contributed by atoms with Gasteiger partial charge in [-0.3, -0.25) is 19.3 Å². The van der Waals surface area contributed by atoms with Crippen LogP contribution in [0.3, 0.4) is 0 Å². The Balaban J connectivity index is 1.80. The Morgan fingerprint density at radius 1 is 1.11 bits per heavy atom. The van der Waals surface area contributed by atoms with Gasteiger partial charge in [0.25, 0.3) is 5.91 Å². The third kappa shape index (κ3) is 4.82. The van der Waals surface area contributed by atoms with Gasteiger partial charge < -0.3 is 35.8 Å². The lowest BCUT2D eigenvalue weighted by molar-refractivity contribution is -0.153. The van der Waals surface area contributed by atoms with Crippen LogP contribution in [0.4, 0.5) is 0 Å². The molecule has 45 heavy (non-hydrogen) atoms. The molecule has 3 aliphatic rings. The first-order valence-electron chi connectivity index (χ1n) is 14.6. The molecule has 11 nitrogen and oxygen atoms in total. The summed E-state index contributed by atoms with van der Waals surface area (Å²) in [5, 5.41) is 46.3. The summed E-state index contributed by atoms with van der Waals surface area (Å²) in [4.78, 5) is 43.4. The van der Waals surface area contributed by atoms with E-state index in [1.54, 1.807) is 34.2 Å². The Kier molecular flexibility index (Phi) is 7.93. The van der Waals surface area contributed by atoms with Gasteiger partial charge in [0.15, 0.2) is 11.4 Å². The number of methoxy groups -OCH3 is 1. The van der Waals surface area contributed by atoms with Crippen LogP contribution in [0.25, 0.3) is 22.5 Å². The van der Waals surface area contributed by atoms with E-state index < -0.39 is 58.0 Å². The van der Waals surface area contributed by atoms with Gasteiger partial charge in [-0.25, -0.2) is 0 Å². The number of phenolic OH excluding ortho intramolecular Hbond substituents is 1. The highest BCUT2D eigenvalue weighted by Crippen LogP contribution is 2.54. The molecule has 0 aliphatic heterocycles. The minimum absolute atomic E-state index is 0.00179. The molecule has 1 saturated carbocycles. The van der Waals surface area contributed by atoms with Crippen molar-refractivity contribution < 1.29 is 39.5 Å². The quantitative estimate of drug-likeness (QED) is 0.291. The number of ether oxygens (including phenoxy) is 1. The van der Waals surface area contributed by atoms with E-state index in [1.165, 1.54) is 4.90 Å². The lowest BCUT2D eigenvalue weighted by Crippen LogP contribution is -2.65. The van der Waals surface area contributed by atoms with Gasteiger partial charge in [-0.15, -0.1) is 0 Å². The van der Waals surface area contributed by atoms with Gasteiger partial charge in [0, 0.05) is 23.6 Å². The van der Waals surface area contributed by atoms with Gasteiger partial charge in [-0.1, -0.05) is 6.58 Å². The number of primary amides is 1. The standard InChI is InChI=1S/C34H39N3O8/c1-15(2)20-13-21(17-8-16(14-36(3)4)9-19(10-17)45-7)22-11-18-12-23-27(37(5)6)30(40)26(33(35)43)32(42)34(23,44)31(41)24(18)29(39)25(22)28(20)38/h8-10,13,18,23,27,38-39,42,44H,1,11-12,14H2,2-7H3,(H2,35,43)/t18-,23-,27-,34-/m0/s1. The number of phenols is 1. The first-order valence-corrected chi connectivity index (χ1v) is 14.6. The highest BCUT2D eigenvalue weighted by molar-refractivity contribution is 6.24. The van der Waals surface area contributed by atoms with Crippen LogP contribution in [0.2, 0.25) is 0 Å². The number of nitrogens with zero attached hydrogens (tertiary/aromatic N) is 2. The number of ketones is 2. The van der Waals surface area contributed by atoms with Crippen molar-refractivity contribution >= 4 is 28.8 Å². The number of likely N-dealkylation sites (N-methyl/N-ethyl adjacent to an activating group) is 1. The average Bonchev–Trinajstić information content (AvgIpc) is 2.94. The number of carbonyl (C=O) groups excluding carboxylic acids is 3. The molecule has 1 fully saturated rings. The normalized spacial score (nSPS) is 24.5. The third-order valence-electron chi connectivity index (χ3n) is 9.19. The van der Waals surface area contributed by atoms with Crippen LogP contribution in [-0.4, -0.2) is 94.6 Å². The van der Waals surface area contributed by atoms with Crippen molar-refractivity contribution in [1.82, 2.24) is 9.80 Å². The zero-order valence-electron chi connectivity index (χ0n) is 26.3. The molecule has 238 valence electrons. The zero-order valence-corrected chi connectivity index (χ0v) is 26.3. The van der Waals surface area contributed by atoms with E-state index in [9.17, 15) is 34.8 Å². The van der Waals surface area contributed by atoms with Crippen LogP contribution < -0.4 is 10.5 Å². The summed E-state index contributed by atoms with van der Waals surface area (Å²) in [6.45, 7) is 6.32. The number of hydrogen-bond acceptors (Lipinski definition) is 10. The Morgan fingerprint density at radius 2 is 1.78 bits per heavy atom. The number of amides is 1. The van der Waals surface area contributed by atoms with Crippen molar-refractivity contribution in [2.24, 2.45) is 17.6 Å². The van der Waals surface area contributed by atoms with Crippen LogP contribution in [0.5, 0.6) is 11.5 Å². The molecule has 6 N–H and O–H groups in total. The molecule has 4 atom stereocenters.